The van der Waals surface area contributed by atoms with Gasteiger partial charge in [0.25, 0.3) is 5.56 Å². The first-order valence-electron chi connectivity index (χ1n) is 9.86. The molecule has 32 heavy (non-hydrogen) atoms. The Balaban J connectivity index is 1.77. The Labute approximate surface area is 193 Å². The largest absolute Gasteiger partial charge is 0.497 e. The van der Waals surface area contributed by atoms with E-state index in [0.717, 1.165) is 16.6 Å². The number of anilines is 2. The van der Waals surface area contributed by atoms with Gasteiger partial charge in [0.1, 0.15) is 22.9 Å². The maximum atomic E-state index is 13.0. The van der Waals surface area contributed by atoms with Gasteiger partial charge in [-0.25, -0.2) is 4.98 Å². The number of hydrogen-bond acceptors (Lipinski definition) is 4. The molecular formula is C24H18Cl2N4O2. The second kappa shape index (κ2) is 7.89. The van der Waals surface area contributed by atoms with Crippen LogP contribution in [-0.2, 0) is 0 Å². The second-order valence-electron chi connectivity index (χ2n) is 7.39. The van der Waals surface area contributed by atoms with Crippen molar-refractivity contribution < 1.29 is 4.74 Å². The van der Waals surface area contributed by atoms with Crippen molar-refractivity contribution in [3.63, 3.8) is 0 Å². The molecule has 0 fully saturated rings. The molecule has 0 aliphatic rings. The summed E-state index contributed by atoms with van der Waals surface area (Å²) in [5.41, 5.74) is 3.73. The molecule has 0 radical (unpaired) electrons. The summed E-state index contributed by atoms with van der Waals surface area (Å²) in [4.78, 5) is 20.7. The van der Waals surface area contributed by atoms with Gasteiger partial charge in [0.15, 0.2) is 0 Å². The van der Waals surface area contributed by atoms with E-state index in [4.69, 9.17) is 32.9 Å². The summed E-state index contributed by atoms with van der Waals surface area (Å²) in [6.45, 7) is 1.93. The standard InChI is InChI=1S/C24H18Cl2N4O2/c1-13-18(26)4-3-5-19(13)27-23-22(29-21-9-6-15(25)12-30(21)23)17-11-14-10-16(32-2)7-8-20(14)28-24(17)31/h3-12,27H,1-2H3,(H,28,31). The molecule has 0 spiro atoms. The number of aromatic amines is 1. The van der Waals surface area contributed by atoms with Crippen LogP contribution in [0.5, 0.6) is 5.75 Å². The van der Waals surface area contributed by atoms with Gasteiger partial charge in [0.05, 0.1) is 17.7 Å². The topological polar surface area (TPSA) is 71.4 Å². The van der Waals surface area contributed by atoms with Crippen LogP contribution in [0.3, 0.4) is 0 Å². The molecule has 2 aromatic carbocycles. The third-order valence-electron chi connectivity index (χ3n) is 5.41. The highest BCUT2D eigenvalue weighted by Gasteiger charge is 2.19. The number of benzene rings is 2. The van der Waals surface area contributed by atoms with Crippen molar-refractivity contribution >= 4 is 51.3 Å². The summed E-state index contributed by atoms with van der Waals surface area (Å²) >= 11 is 12.6. The number of H-pyrrole nitrogens is 1. The molecule has 8 heteroatoms. The van der Waals surface area contributed by atoms with E-state index >= 15 is 0 Å². The summed E-state index contributed by atoms with van der Waals surface area (Å²) in [7, 11) is 1.61. The van der Waals surface area contributed by atoms with Crippen molar-refractivity contribution in [1.29, 1.82) is 0 Å². The molecule has 0 amide bonds. The molecule has 3 heterocycles. The van der Waals surface area contributed by atoms with Crippen LogP contribution in [0.2, 0.25) is 10.0 Å². The SMILES string of the molecule is COc1ccc2[nH]c(=O)c(-c3nc4ccc(Cl)cn4c3Nc3cccc(Cl)c3C)cc2c1. The predicted octanol–water partition coefficient (Wildman–Crippen LogP) is 6.21. The van der Waals surface area contributed by atoms with Crippen LogP contribution in [0.15, 0.2) is 65.6 Å². The summed E-state index contributed by atoms with van der Waals surface area (Å²) in [5.74, 6) is 1.31. The zero-order chi connectivity index (χ0) is 22.4. The number of hydrogen-bond donors (Lipinski definition) is 2. The first-order chi connectivity index (χ1) is 15.4. The fraction of sp³-hybridized carbons (Fsp3) is 0.0833. The molecule has 5 aromatic rings. The average molecular weight is 465 g/mol. The summed E-state index contributed by atoms with van der Waals surface area (Å²) in [5, 5.41) is 5.42. The molecule has 3 aromatic heterocycles. The maximum Gasteiger partial charge on any atom is 0.258 e. The van der Waals surface area contributed by atoms with Gasteiger partial charge in [-0.15, -0.1) is 0 Å². The van der Waals surface area contributed by atoms with Crippen LogP contribution in [0.25, 0.3) is 27.8 Å². The van der Waals surface area contributed by atoms with Crippen LogP contribution in [0, 0.1) is 6.92 Å². The highest BCUT2D eigenvalue weighted by atomic mass is 35.5. The third-order valence-corrected chi connectivity index (χ3v) is 6.04. The summed E-state index contributed by atoms with van der Waals surface area (Å²) in [6, 6.07) is 16.5. The van der Waals surface area contributed by atoms with Gasteiger partial charge >= 0.3 is 0 Å². The lowest BCUT2D eigenvalue weighted by molar-refractivity contribution is 0.415. The van der Waals surface area contributed by atoms with Crippen LogP contribution in [-0.4, -0.2) is 21.5 Å². The molecule has 0 bridgehead atoms. The second-order valence-corrected chi connectivity index (χ2v) is 8.23. The van der Waals surface area contributed by atoms with Crippen LogP contribution < -0.4 is 15.6 Å². The number of nitrogens with one attached hydrogen (secondary N) is 2. The fourth-order valence-corrected chi connectivity index (χ4v) is 4.02. The summed E-state index contributed by atoms with van der Waals surface area (Å²) < 4.78 is 7.16. The number of nitrogens with zero attached hydrogens (tertiary/aromatic N) is 2. The first kappa shape index (κ1) is 20.4. The lowest BCUT2D eigenvalue weighted by Crippen LogP contribution is -2.10. The normalized spacial score (nSPS) is 11.2. The van der Waals surface area contributed by atoms with E-state index in [9.17, 15) is 4.79 Å². The third kappa shape index (κ3) is 3.47. The van der Waals surface area contributed by atoms with Gasteiger partial charge in [-0.1, -0.05) is 29.3 Å². The highest BCUT2D eigenvalue weighted by Crippen LogP contribution is 2.34. The Hall–Kier alpha value is -3.48. The van der Waals surface area contributed by atoms with E-state index in [2.05, 4.69) is 10.3 Å². The molecule has 2 N–H and O–H groups in total. The minimum Gasteiger partial charge on any atom is -0.497 e. The van der Waals surface area contributed by atoms with Crippen molar-refractivity contribution in [2.75, 3.05) is 12.4 Å². The van der Waals surface area contributed by atoms with Crippen molar-refractivity contribution in [3.8, 4) is 17.0 Å². The number of pyridine rings is 2. The average Bonchev–Trinajstić information content (AvgIpc) is 3.13. The van der Waals surface area contributed by atoms with Crippen LogP contribution >= 0.6 is 23.2 Å². The number of imidazole rings is 1. The number of methoxy groups -OCH3 is 1. The van der Waals surface area contributed by atoms with Gasteiger partial charge in [0, 0.05) is 27.8 Å². The first-order valence-corrected chi connectivity index (χ1v) is 10.6. The maximum absolute atomic E-state index is 13.0. The Morgan fingerprint density at radius 1 is 1.09 bits per heavy atom. The molecule has 0 aliphatic carbocycles. The Morgan fingerprint density at radius 2 is 1.94 bits per heavy atom. The molecule has 0 atom stereocenters. The van der Waals surface area contributed by atoms with Crippen molar-refractivity contribution in [2.45, 2.75) is 6.92 Å². The van der Waals surface area contributed by atoms with Gasteiger partial charge < -0.3 is 15.0 Å². The van der Waals surface area contributed by atoms with E-state index < -0.39 is 0 Å². The highest BCUT2D eigenvalue weighted by molar-refractivity contribution is 6.31. The summed E-state index contributed by atoms with van der Waals surface area (Å²) in [6.07, 6.45) is 1.76. The monoisotopic (exact) mass is 464 g/mol. The van der Waals surface area contributed by atoms with Crippen molar-refractivity contribution in [1.82, 2.24) is 14.4 Å². The number of ether oxygens (including phenoxy) is 1. The van der Waals surface area contributed by atoms with E-state index in [-0.39, 0.29) is 5.56 Å². The molecule has 0 saturated carbocycles. The molecule has 0 aliphatic heterocycles. The molecule has 6 nitrogen and oxygen atoms in total. The van der Waals surface area contributed by atoms with Crippen LogP contribution in [0.1, 0.15) is 5.56 Å². The van der Waals surface area contributed by atoms with Gasteiger partial charge in [-0.2, -0.15) is 0 Å². The number of aromatic nitrogens is 3. The molecule has 5 rings (SSSR count). The van der Waals surface area contributed by atoms with Crippen LogP contribution in [0.4, 0.5) is 11.5 Å². The quantitative estimate of drug-likeness (QED) is 0.331. The smallest absolute Gasteiger partial charge is 0.258 e. The van der Waals surface area contributed by atoms with E-state index in [1.54, 1.807) is 31.5 Å². The Bertz CT molecular complexity index is 1560. The zero-order valence-corrected chi connectivity index (χ0v) is 18.8. The van der Waals surface area contributed by atoms with E-state index in [1.165, 1.54) is 0 Å². The Kier molecular flexibility index (Phi) is 5.04. The van der Waals surface area contributed by atoms with E-state index in [1.807, 2.05) is 47.7 Å². The van der Waals surface area contributed by atoms with E-state index in [0.29, 0.717) is 44.0 Å². The molecule has 160 valence electrons. The molecule has 0 unspecified atom stereocenters. The van der Waals surface area contributed by atoms with Crippen molar-refractivity contribution in [2.24, 2.45) is 0 Å². The number of fused-ring (bicyclic) bond motifs is 2. The van der Waals surface area contributed by atoms with Gasteiger partial charge in [0.2, 0.25) is 0 Å². The number of halogens is 2. The minimum absolute atomic E-state index is 0.247. The Morgan fingerprint density at radius 3 is 2.75 bits per heavy atom. The lowest BCUT2D eigenvalue weighted by atomic mass is 10.1. The fourth-order valence-electron chi connectivity index (χ4n) is 3.68. The lowest BCUT2D eigenvalue weighted by Gasteiger charge is -2.12. The molecule has 0 saturated heterocycles. The van der Waals surface area contributed by atoms with Gasteiger partial charge in [-0.05, 0) is 61.0 Å². The zero-order valence-electron chi connectivity index (χ0n) is 17.2. The predicted molar refractivity (Wildman–Crippen MR) is 130 cm³/mol. The minimum atomic E-state index is -0.247. The molecular weight excluding hydrogens is 447 g/mol. The van der Waals surface area contributed by atoms with Gasteiger partial charge in [-0.3, -0.25) is 9.20 Å². The number of rotatable bonds is 4. The van der Waals surface area contributed by atoms with Crippen molar-refractivity contribution in [3.05, 3.63) is 86.8 Å².